The van der Waals surface area contributed by atoms with Gasteiger partial charge in [-0.1, -0.05) is 42.5 Å². The van der Waals surface area contributed by atoms with Gasteiger partial charge in [0, 0.05) is 24.8 Å². The summed E-state index contributed by atoms with van der Waals surface area (Å²) in [7, 11) is -4.75. The Hall–Kier alpha value is -2.31. The minimum atomic E-state index is -4.81. The van der Waals surface area contributed by atoms with Crippen LogP contribution in [-0.2, 0) is 10.1 Å². The molecule has 1 aromatic heterocycles. The van der Waals surface area contributed by atoms with Crippen LogP contribution in [0.15, 0.2) is 114 Å². The van der Waals surface area contributed by atoms with Crippen LogP contribution in [0.2, 0.25) is 0 Å². The van der Waals surface area contributed by atoms with Crippen molar-refractivity contribution in [1.29, 1.82) is 0 Å². The van der Waals surface area contributed by atoms with Gasteiger partial charge in [0.05, 0.1) is 17.6 Å². The Kier molecular flexibility index (Phi) is 9.73. The zero-order valence-corrected chi connectivity index (χ0v) is 29.4. The van der Waals surface area contributed by atoms with Gasteiger partial charge in [0.1, 0.15) is 15.9 Å². The first-order chi connectivity index (χ1) is 20.0. The normalized spacial score (nSPS) is 11.2. The molecule has 42 heavy (non-hydrogen) atoms. The van der Waals surface area contributed by atoms with Crippen LogP contribution in [0.4, 0.5) is 0 Å². The van der Waals surface area contributed by atoms with Gasteiger partial charge in [0.2, 0.25) is 0 Å². The zero-order valence-electron chi connectivity index (χ0n) is 21.3. The van der Waals surface area contributed by atoms with Crippen molar-refractivity contribution in [2.24, 2.45) is 0 Å². The quantitative estimate of drug-likeness (QED) is 0.0623. The van der Waals surface area contributed by atoms with E-state index in [1.54, 1.807) is 0 Å². The highest BCUT2D eigenvalue weighted by Crippen LogP contribution is 2.47. The number of carbonyl (C=O) groups excluding carboxylic acids is 1. The fourth-order valence-electron chi connectivity index (χ4n) is 4.30. The minimum absolute atomic E-state index is 0.0594. The molecule has 0 aliphatic carbocycles. The summed E-state index contributed by atoms with van der Waals surface area (Å²) >= 11 is 6.20. The Labute approximate surface area is 285 Å². The molecule has 0 saturated heterocycles. The van der Waals surface area contributed by atoms with Crippen LogP contribution < -0.4 is 4.74 Å². The SMILES string of the molecule is O=C(Oc1c(I)cc(I)cc1I)c1ccc(S(=O)(=O)[O-])c(O)c1.c1ccc(-[s+]2c3ccccc3c3ccccc32)cc1. The number of carbonyl (C=O) groups is 1. The number of halogens is 3. The van der Waals surface area contributed by atoms with E-state index in [-0.39, 0.29) is 16.0 Å². The average molecular weight is 932 g/mol. The van der Waals surface area contributed by atoms with Crippen LogP contribution in [0.5, 0.6) is 11.5 Å². The number of phenolic OH excluding ortho intramolecular Hbond substituents is 1. The molecule has 0 spiro atoms. The van der Waals surface area contributed by atoms with E-state index in [2.05, 4.69) is 101 Å². The minimum Gasteiger partial charge on any atom is -0.744 e. The smallest absolute Gasteiger partial charge is 0.343 e. The molecule has 1 heterocycles. The van der Waals surface area contributed by atoms with Crippen molar-refractivity contribution in [1.82, 2.24) is 0 Å². The van der Waals surface area contributed by atoms with Gasteiger partial charge in [0.15, 0.2) is 20.0 Å². The number of rotatable bonds is 4. The molecule has 11 heteroatoms. The summed E-state index contributed by atoms with van der Waals surface area (Å²) in [6.45, 7) is 0. The standard InChI is InChI=1S/C18H13S.C13H7I3O6S/c1-2-8-14(9-3-1)19-17-12-6-4-10-15(17)16-11-5-7-13-18(16)19;14-7-4-8(15)12(9(16)5-7)22-13(18)6-1-2-11(10(17)3-6)23(19,20)21/h1-13H;1-5,17H,(H,19,20,21)/q+1;/p-1. The molecule has 0 amide bonds. The highest BCUT2D eigenvalue weighted by Gasteiger charge is 2.22. The predicted molar refractivity (Wildman–Crippen MR) is 191 cm³/mol. The molecule has 0 saturated carbocycles. The van der Waals surface area contributed by atoms with Crippen LogP contribution in [0.25, 0.3) is 25.1 Å². The van der Waals surface area contributed by atoms with E-state index < -0.39 is 26.7 Å². The Morgan fingerprint density at radius 2 is 1.26 bits per heavy atom. The third kappa shape index (κ3) is 6.75. The number of benzene rings is 5. The van der Waals surface area contributed by atoms with Gasteiger partial charge >= 0.3 is 5.97 Å². The van der Waals surface area contributed by atoms with E-state index in [4.69, 9.17) is 4.74 Å². The number of aromatic hydroxyl groups is 1. The summed E-state index contributed by atoms with van der Waals surface area (Å²) in [6, 6.07) is 34.9. The molecule has 0 aliphatic heterocycles. The van der Waals surface area contributed by atoms with Crippen molar-refractivity contribution in [2.75, 3.05) is 0 Å². The third-order valence-electron chi connectivity index (χ3n) is 6.10. The van der Waals surface area contributed by atoms with Gasteiger partial charge in [-0.15, -0.1) is 0 Å². The molecule has 0 aliphatic rings. The number of phenols is 1. The molecule has 0 atom stereocenters. The Morgan fingerprint density at radius 3 is 1.79 bits per heavy atom. The molecule has 212 valence electrons. The fourth-order valence-corrected chi connectivity index (χ4v) is 11.0. The Balaban J connectivity index is 0.000000170. The van der Waals surface area contributed by atoms with Crippen molar-refractivity contribution in [3.05, 3.63) is 125 Å². The van der Waals surface area contributed by atoms with Gasteiger partial charge < -0.3 is 14.4 Å². The lowest BCUT2D eigenvalue weighted by atomic mass is 10.2. The van der Waals surface area contributed by atoms with Gasteiger partial charge in [-0.05, 0) is 135 Å². The molecule has 6 nitrogen and oxygen atoms in total. The van der Waals surface area contributed by atoms with Gasteiger partial charge in [-0.3, -0.25) is 0 Å². The molecule has 1 N–H and O–H groups in total. The first kappa shape index (κ1) is 31.1. The molecular formula is C31H19I3O6S2. The zero-order chi connectivity index (χ0) is 30.0. The second-order valence-electron chi connectivity index (χ2n) is 8.84. The van der Waals surface area contributed by atoms with Gasteiger partial charge in [0.25, 0.3) is 0 Å². The van der Waals surface area contributed by atoms with Crippen molar-refractivity contribution in [3.8, 4) is 16.4 Å². The second kappa shape index (κ2) is 13.1. The number of thiophene rings is 1. The van der Waals surface area contributed by atoms with Crippen molar-refractivity contribution in [2.45, 2.75) is 4.90 Å². The van der Waals surface area contributed by atoms with Crippen molar-refractivity contribution in [3.63, 3.8) is 0 Å². The lowest BCUT2D eigenvalue weighted by molar-refractivity contribution is 0.0731. The molecule has 0 unspecified atom stereocenters. The maximum atomic E-state index is 12.1. The summed E-state index contributed by atoms with van der Waals surface area (Å²) in [5, 5.41) is 12.4. The van der Waals surface area contributed by atoms with Crippen LogP contribution in [0, 0.1) is 10.7 Å². The monoisotopic (exact) mass is 932 g/mol. The first-order valence-corrected chi connectivity index (χ1v) is 18.0. The number of fused-ring (bicyclic) bond motifs is 3. The largest absolute Gasteiger partial charge is 0.744 e. The van der Waals surface area contributed by atoms with Crippen molar-refractivity contribution >= 4 is 115 Å². The van der Waals surface area contributed by atoms with E-state index in [1.807, 2.05) is 57.3 Å². The van der Waals surface area contributed by atoms with Crippen LogP contribution >= 0.6 is 78.2 Å². The summed E-state index contributed by atoms with van der Waals surface area (Å²) in [5.74, 6) is -1.19. The third-order valence-corrected chi connectivity index (χ3v) is 11.5. The molecule has 0 bridgehead atoms. The number of hydrogen-bond acceptors (Lipinski definition) is 6. The van der Waals surface area contributed by atoms with E-state index >= 15 is 0 Å². The summed E-state index contributed by atoms with van der Waals surface area (Å²) in [5.41, 5.74) is -0.0694. The molecule has 6 rings (SSSR count). The van der Waals surface area contributed by atoms with Gasteiger partial charge in [-0.25, -0.2) is 13.2 Å². The maximum Gasteiger partial charge on any atom is 0.343 e. The predicted octanol–water partition coefficient (Wildman–Crippen LogP) is 9.06. The lowest BCUT2D eigenvalue weighted by Gasteiger charge is -2.12. The van der Waals surface area contributed by atoms with Crippen LogP contribution in [0.1, 0.15) is 10.4 Å². The van der Waals surface area contributed by atoms with E-state index in [0.717, 1.165) is 28.9 Å². The van der Waals surface area contributed by atoms with Crippen LogP contribution in [-0.4, -0.2) is 24.0 Å². The van der Waals surface area contributed by atoms with E-state index in [0.29, 0.717) is 5.75 Å². The molecule has 6 aromatic rings. The van der Waals surface area contributed by atoms with Crippen molar-refractivity contribution < 1.29 is 27.6 Å². The summed E-state index contributed by atoms with van der Waals surface area (Å²) in [4.78, 5) is 12.8. The summed E-state index contributed by atoms with van der Waals surface area (Å²) < 4.78 is 43.4. The van der Waals surface area contributed by atoms with E-state index in [1.165, 1.54) is 25.1 Å². The highest BCUT2D eigenvalue weighted by atomic mass is 127. The molecule has 0 radical (unpaired) electrons. The molecular weight excluding hydrogens is 913 g/mol. The molecule has 0 fully saturated rings. The fraction of sp³-hybridized carbons (Fsp3) is 0. The average Bonchev–Trinajstić information content (AvgIpc) is 3.29. The highest BCUT2D eigenvalue weighted by molar-refractivity contribution is 14.1. The topological polar surface area (TPSA) is 104 Å². The molecule has 5 aromatic carbocycles. The van der Waals surface area contributed by atoms with Gasteiger partial charge in [-0.2, -0.15) is 0 Å². The Bertz CT molecular complexity index is 1980. The summed E-state index contributed by atoms with van der Waals surface area (Å²) in [6.07, 6.45) is 0. The van der Waals surface area contributed by atoms with E-state index in [9.17, 15) is 22.9 Å². The number of esters is 1. The number of hydrogen-bond donors (Lipinski definition) is 1. The Morgan fingerprint density at radius 1 is 0.738 bits per heavy atom. The number of ether oxygens (including phenoxy) is 1. The first-order valence-electron chi connectivity index (χ1n) is 12.2. The maximum absolute atomic E-state index is 12.1. The second-order valence-corrected chi connectivity index (χ2v) is 15.7. The van der Waals surface area contributed by atoms with Crippen LogP contribution in [0.3, 0.4) is 0 Å². The lowest BCUT2D eigenvalue weighted by Crippen LogP contribution is -2.11.